The summed E-state index contributed by atoms with van der Waals surface area (Å²) in [5.74, 6) is 1.48. The molecule has 1 rings (SSSR count). The number of methoxy groups -OCH3 is 1. The van der Waals surface area contributed by atoms with Crippen molar-refractivity contribution in [2.24, 2.45) is 5.73 Å². The van der Waals surface area contributed by atoms with Crippen LogP contribution in [0.15, 0.2) is 18.2 Å². The maximum atomic E-state index is 5.67. The number of ether oxygens (including phenoxy) is 3. The molecule has 0 heterocycles. The Balaban J connectivity index is 2.57. The predicted molar refractivity (Wildman–Crippen MR) is 72.3 cm³/mol. The van der Waals surface area contributed by atoms with Crippen LogP contribution in [0.4, 0.5) is 0 Å². The van der Waals surface area contributed by atoms with Crippen LogP contribution in [0.3, 0.4) is 0 Å². The number of benzene rings is 1. The first-order chi connectivity index (χ1) is 8.67. The standard InChI is InChI=1S/C14H23NO3/c1-11(2)17-8-9-18-14-10-12(6-7-15)4-5-13(14)16-3/h4-5,10-11H,6-9,15H2,1-3H3. The minimum Gasteiger partial charge on any atom is -0.493 e. The van der Waals surface area contributed by atoms with Crippen LogP contribution in [0.2, 0.25) is 0 Å². The Morgan fingerprint density at radius 1 is 1.17 bits per heavy atom. The first-order valence-corrected chi connectivity index (χ1v) is 6.28. The van der Waals surface area contributed by atoms with Crippen LogP contribution in [-0.4, -0.2) is 33.0 Å². The zero-order valence-corrected chi connectivity index (χ0v) is 11.4. The molecule has 0 spiro atoms. The molecule has 0 radical (unpaired) electrons. The van der Waals surface area contributed by atoms with E-state index in [1.807, 2.05) is 32.0 Å². The Bertz CT molecular complexity index is 353. The molecule has 0 aliphatic heterocycles. The van der Waals surface area contributed by atoms with Gasteiger partial charge in [-0.3, -0.25) is 0 Å². The van der Waals surface area contributed by atoms with E-state index in [-0.39, 0.29) is 6.10 Å². The molecule has 0 bridgehead atoms. The van der Waals surface area contributed by atoms with E-state index >= 15 is 0 Å². The topological polar surface area (TPSA) is 53.7 Å². The van der Waals surface area contributed by atoms with Gasteiger partial charge in [0.05, 0.1) is 19.8 Å². The van der Waals surface area contributed by atoms with Crippen LogP contribution >= 0.6 is 0 Å². The van der Waals surface area contributed by atoms with E-state index in [0.29, 0.717) is 19.8 Å². The highest BCUT2D eigenvalue weighted by molar-refractivity contribution is 5.43. The van der Waals surface area contributed by atoms with Gasteiger partial charge in [-0.15, -0.1) is 0 Å². The fraction of sp³-hybridized carbons (Fsp3) is 0.571. The molecule has 18 heavy (non-hydrogen) atoms. The molecule has 4 nitrogen and oxygen atoms in total. The molecule has 0 amide bonds. The monoisotopic (exact) mass is 253 g/mol. The number of nitrogens with two attached hydrogens (primary N) is 1. The zero-order chi connectivity index (χ0) is 13.4. The van der Waals surface area contributed by atoms with Gasteiger partial charge in [-0.2, -0.15) is 0 Å². The van der Waals surface area contributed by atoms with Gasteiger partial charge in [0, 0.05) is 0 Å². The van der Waals surface area contributed by atoms with Gasteiger partial charge in [-0.1, -0.05) is 6.07 Å². The van der Waals surface area contributed by atoms with Gasteiger partial charge in [0.25, 0.3) is 0 Å². The zero-order valence-electron chi connectivity index (χ0n) is 11.4. The Kier molecular flexibility index (Phi) is 6.54. The number of hydrogen-bond acceptors (Lipinski definition) is 4. The van der Waals surface area contributed by atoms with E-state index in [2.05, 4.69) is 0 Å². The summed E-state index contributed by atoms with van der Waals surface area (Å²) in [6.07, 6.45) is 1.06. The molecule has 4 heteroatoms. The van der Waals surface area contributed by atoms with E-state index in [9.17, 15) is 0 Å². The lowest BCUT2D eigenvalue weighted by Crippen LogP contribution is -2.12. The van der Waals surface area contributed by atoms with E-state index in [1.165, 1.54) is 0 Å². The molecular formula is C14H23NO3. The van der Waals surface area contributed by atoms with Crippen molar-refractivity contribution in [3.63, 3.8) is 0 Å². The molecule has 2 N–H and O–H groups in total. The largest absolute Gasteiger partial charge is 0.493 e. The molecule has 0 aliphatic carbocycles. The van der Waals surface area contributed by atoms with Crippen molar-refractivity contribution in [1.29, 1.82) is 0 Å². The van der Waals surface area contributed by atoms with Crippen molar-refractivity contribution in [3.05, 3.63) is 23.8 Å². The third-order valence-corrected chi connectivity index (χ3v) is 2.45. The molecule has 0 saturated carbocycles. The second kappa shape index (κ2) is 7.95. The van der Waals surface area contributed by atoms with Crippen molar-refractivity contribution < 1.29 is 14.2 Å². The molecule has 0 unspecified atom stereocenters. The summed E-state index contributed by atoms with van der Waals surface area (Å²) in [5, 5.41) is 0. The summed E-state index contributed by atoms with van der Waals surface area (Å²) in [5.41, 5.74) is 6.70. The molecule has 1 aromatic rings. The van der Waals surface area contributed by atoms with Crippen LogP contribution in [0.1, 0.15) is 19.4 Å². The fourth-order valence-corrected chi connectivity index (χ4v) is 1.59. The van der Waals surface area contributed by atoms with Crippen molar-refractivity contribution in [1.82, 2.24) is 0 Å². The van der Waals surface area contributed by atoms with Gasteiger partial charge < -0.3 is 19.9 Å². The van der Waals surface area contributed by atoms with Crippen molar-refractivity contribution in [2.45, 2.75) is 26.4 Å². The average molecular weight is 253 g/mol. The van der Waals surface area contributed by atoms with Gasteiger partial charge >= 0.3 is 0 Å². The Morgan fingerprint density at radius 3 is 2.56 bits per heavy atom. The second-order valence-electron chi connectivity index (χ2n) is 4.29. The van der Waals surface area contributed by atoms with Crippen LogP contribution in [0.5, 0.6) is 11.5 Å². The SMILES string of the molecule is COc1ccc(CCN)cc1OCCOC(C)C. The maximum Gasteiger partial charge on any atom is 0.161 e. The minimum atomic E-state index is 0.221. The molecular weight excluding hydrogens is 230 g/mol. The smallest absolute Gasteiger partial charge is 0.161 e. The summed E-state index contributed by atoms with van der Waals surface area (Å²) in [6.45, 7) is 5.72. The van der Waals surface area contributed by atoms with Crippen LogP contribution in [-0.2, 0) is 11.2 Å². The van der Waals surface area contributed by atoms with Gasteiger partial charge in [0.1, 0.15) is 6.61 Å². The van der Waals surface area contributed by atoms with E-state index in [1.54, 1.807) is 7.11 Å². The highest BCUT2D eigenvalue weighted by Gasteiger charge is 2.05. The molecule has 102 valence electrons. The van der Waals surface area contributed by atoms with Gasteiger partial charge in [0.15, 0.2) is 11.5 Å². The highest BCUT2D eigenvalue weighted by Crippen LogP contribution is 2.28. The minimum absolute atomic E-state index is 0.221. The van der Waals surface area contributed by atoms with E-state index < -0.39 is 0 Å². The molecule has 0 atom stereocenters. The second-order valence-corrected chi connectivity index (χ2v) is 4.29. The molecule has 0 aliphatic rings. The van der Waals surface area contributed by atoms with Crippen LogP contribution < -0.4 is 15.2 Å². The molecule has 1 aromatic carbocycles. The summed E-state index contributed by atoms with van der Waals surface area (Å²) in [6, 6.07) is 5.88. The third kappa shape index (κ3) is 4.94. The maximum absolute atomic E-state index is 5.67. The first-order valence-electron chi connectivity index (χ1n) is 6.28. The van der Waals surface area contributed by atoms with Crippen LogP contribution in [0, 0.1) is 0 Å². The third-order valence-electron chi connectivity index (χ3n) is 2.45. The summed E-state index contributed by atoms with van der Waals surface area (Å²) in [7, 11) is 1.63. The summed E-state index contributed by atoms with van der Waals surface area (Å²) in [4.78, 5) is 0. The van der Waals surface area contributed by atoms with Crippen molar-refractivity contribution in [2.75, 3.05) is 26.9 Å². The molecule has 0 aromatic heterocycles. The molecule has 0 saturated heterocycles. The van der Waals surface area contributed by atoms with Gasteiger partial charge in [-0.25, -0.2) is 0 Å². The van der Waals surface area contributed by atoms with Gasteiger partial charge in [-0.05, 0) is 44.5 Å². The normalized spacial score (nSPS) is 10.7. The average Bonchev–Trinajstić information content (AvgIpc) is 2.35. The highest BCUT2D eigenvalue weighted by atomic mass is 16.5. The number of rotatable bonds is 8. The Morgan fingerprint density at radius 2 is 1.94 bits per heavy atom. The first kappa shape index (κ1) is 14.8. The Labute approximate surface area is 109 Å². The lowest BCUT2D eigenvalue weighted by molar-refractivity contribution is 0.0546. The quantitative estimate of drug-likeness (QED) is 0.720. The number of hydrogen-bond donors (Lipinski definition) is 1. The predicted octanol–water partition coefficient (Wildman–Crippen LogP) is 2.00. The van der Waals surface area contributed by atoms with Crippen molar-refractivity contribution in [3.8, 4) is 11.5 Å². The van der Waals surface area contributed by atoms with E-state index in [4.69, 9.17) is 19.9 Å². The summed E-state index contributed by atoms with van der Waals surface area (Å²) >= 11 is 0. The van der Waals surface area contributed by atoms with Gasteiger partial charge in [0.2, 0.25) is 0 Å². The van der Waals surface area contributed by atoms with Crippen molar-refractivity contribution >= 4 is 0 Å². The Hall–Kier alpha value is -1.26. The lowest BCUT2D eigenvalue weighted by Gasteiger charge is -2.13. The lowest BCUT2D eigenvalue weighted by atomic mass is 10.1. The van der Waals surface area contributed by atoms with Crippen LogP contribution in [0.25, 0.3) is 0 Å². The fourth-order valence-electron chi connectivity index (χ4n) is 1.59. The van der Waals surface area contributed by atoms with E-state index in [0.717, 1.165) is 23.5 Å². The summed E-state index contributed by atoms with van der Waals surface area (Å²) < 4.78 is 16.4. The molecule has 0 fully saturated rings.